The fraction of sp³-hybridized carbons (Fsp3) is 0.263. The van der Waals surface area contributed by atoms with Crippen molar-refractivity contribution < 1.29 is 22.8 Å². The van der Waals surface area contributed by atoms with Gasteiger partial charge in [0.05, 0.1) is 23.5 Å². The zero-order valence-corrected chi connectivity index (χ0v) is 15.9. The predicted octanol–water partition coefficient (Wildman–Crippen LogP) is 4.68. The number of hydrogen-bond acceptors (Lipinski definition) is 4. The molecule has 0 aliphatic carbocycles. The third-order valence-corrected chi connectivity index (χ3v) is 5.12. The first-order valence-corrected chi connectivity index (χ1v) is 9.27. The van der Waals surface area contributed by atoms with Gasteiger partial charge in [-0.25, -0.2) is 0 Å². The number of rotatable bonds is 4. The number of carbonyl (C=O) groups excluding carboxylic acids is 2. The van der Waals surface area contributed by atoms with E-state index in [2.05, 4.69) is 16.0 Å². The summed E-state index contributed by atoms with van der Waals surface area (Å²) in [6.45, 7) is 3.86. The van der Waals surface area contributed by atoms with Crippen molar-refractivity contribution in [3.8, 4) is 0 Å². The topological polar surface area (TPSA) is 70.2 Å². The summed E-state index contributed by atoms with van der Waals surface area (Å²) < 4.78 is 38.0. The Kier molecular flexibility index (Phi) is 5.55. The highest BCUT2D eigenvalue weighted by Crippen LogP contribution is 2.40. The number of nitrogens with one attached hydrogen (secondary N) is 3. The smallest absolute Gasteiger partial charge is 0.372 e. The van der Waals surface area contributed by atoms with Gasteiger partial charge in [0.1, 0.15) is 6.04 Å². The summed E-state index contributed by atoms with van der Waals surface area (Å²) in [7, 11) is 0. The number of alkyl halides is 3. The van der Waals surface area contributed by atoms with E-state index in [0.29, 0.717) is 11.4 Å². The standard InChI is InChI=1S/C19H18F3N3O2S/c1-10-7-13-14(8-11(10)2)25-18(27)15(23-13)9-17(26)24-12-5-3-4-6-16(12)28-19(20,21)22/h3-8,15,23H,9H2,1-2H3,(H,24,26)(H,25,27). The van der Waals surface area contributed by atoms with Gasteiger partial charge in [0.15, 0.2) is 0 Å². The van der Waals surface area contributed by atoms with Crippen molar-refractivity contribution in [3.63, 3.8) is 0 Å². The SMILES string of the molecule is Cc1cc2c(cc1C)NC(CC(=O)Nc1ccccc1SC(F)(F)F)C(=O)N2. The van der Waals surface area contributed by atoms with Gasteiger partial charge in [-0.05, 0) is 61.0 Å². The Balaban J connectivity index is 1.70. The second kappa shape index (κ2) is 7.75. The van der Waals surface area contributed by atoms with Gasteiger partial charge in [-0.3, -0.25) is 9.59 Å². The number of para-hydroxylation sites is 1. The molecule has 3 rings (SSSR count). The molecule has 0 bridgehead atoms. The number of carbonyl (C=O) groups is 2. The van der Waals surface area contributed by atoms with E-state index < -0.39 is 17.5 Å². The van der Waals surface area contributed by atoms with E-state index in [4.69, 9.17) is 0 Å². The van der Waals surface area contributed by atoms with Crippen LogP contribution in [0.15, 0.2) is 41.3 Å². The van der Waals surface area contributed by atoms with E-state index in [1.54, 1.807) is 0 Å². The molecule has 0 aromatic heterocycles. The second-order valence-electron chi connectivity index (χ2n) is 6.46. The molecule has 0 radical (unpaired) electrons. The molecule has 0 fully saturated rings. The van der Waals surface area contributed by atoms with Gasteiger partial charge in [-0.2, -0.15) is 13.2 Å². The molecule has 2 amide bonds. The summed E-state index contributed by atoms with van der Waals surface area (Å²) in [6.07, 6.45) is -0.219. The maximum atomic E-state index is 12.7. The zero-order chi connectivity index (χ0) is 20.5. The molecule has 28 heavy (non-hydrogen) atoms. The molecule has 2 aromatic rings. The van der Waals surface area contributed by atoms with Crippen LogP contribution in [0.2, 0.25) is 0 Å². The van der Waals surface area contributed by atoms with E-state index in [-0.39, 0.29) is 34.7 Å². The lowest BCUT2D eigenvalue weighted by Gasteiger charge is -2.27. The number of amides is 2. The fourth-order valence-electron chi connectivity index (χ4n) is 2.83. The van der Waals surface area contributed by atoms with Crippen LogP contribution >= 0.6 is 11.8 Å². The predicted molar refractivity (Wildman–Crippen MR) is 104 cm³/mol. The van der Waals surface area contributed by atoms with Crippen LogP contribution in [-0.2, 0) is 9.59 Å². The monoisotopic (exact) mass is 409 g/mol. The first-order valence-electron chi connectivity index (χ1n) is 8.45. The lowest BCUT2D eigenvalue weighted by molar-refractivity contribution is -0.122. The molecule has 148 valence electrons. The van der Waals surface area contributed by atoms with Gasteiger partial charge < -0.3 is 16.0 Å². The molecule has 3 N–H and O–H groups in total. The number of benzene rings is 2. The second-order valence-corrected chi connectivity index (χ2v) is 7.57. The first kappa shape index (κ1) is 20.1. The van der Waals surface area contributed by atoms with Gasteiger partial charge in [-0.15, -0.1) is 0 Å². The Hall–Kier alpha value is -2.68. The first-order chi connectivity index (χ1) is 13.1. The van der Waals surface area contributed by atoms with Gasteiger partial charge in [-0.1, -0.05) is 12.1 Å². The minimum Gasteiger partial charge on any atom is -0.372 e. The molecule has 0 saturated carbocycles. The van der Waals surface area contributed by atoms with Crippen molar-refractivity contribution in [3.05, 3.63) is 47.5 Å². The van der Waals surface area contributed by atoms with Crippen LogP contribution in [0.1, 0.15) is 17.5 Å². The van der Waals surface area contributed by atoms with E-state index >= 15 is 0 Å². The number of hydrogen-bond donors (Lipinski definition) is 3. The fourth-order valence-corrected chi connectivity index (χ4v) is 3.45. The third-order valence-electron chi connectivity index (χ3n) is 4.31. The average molecular weight is 409 g/mol. The van der Waals surface area contributed by atoms with Crippen molar-refractivity contribution in [1.82, 2.24) is 0 Å². The van der Waals surface area contributed by atoms with Gasteiger partial charge >= 0.3 is 5.51 Å². The minimum atomic E-state index is -4.47. The lowest BCUT2D eigenvalue weighted by atomic mass is 10.0. The summed E-state index contributed by atoms with van der Waals surface area (Å²) in [4.78, 5) is 24.5. The Morgan fingerprint density at radius 3 is 2.46 bits per heavy atom. The lowest BCUT2D eigenvalue weighted by Crippen LogP contribution is -2.41. The Morgan fingerprint density at radius 1 is 1.14 bits per heavy atom. The molecular weight excluding hydrogens is 391 g/mol. The van der Waals surface area contributed by atoms with Crippen LogP contribution in [0.4, 0.5) is 30.2 Å². The number of halogens is 3. The van der Waals surface area contributed by atoms with Crippen molar-refractivity contribution in [2.24, 2.45) is 0 Å². The Labute approximate surface area is 164 Å². The molecular formula is C19H18F3N3O2S. The number of aryl methyl sites for hydroxylation is 2. The summed E-state index contributed by atoms with van der Waals surface area (Å²) in [6, 6.07) is 8.56. The molecule has 5 nitrogen and oxygen atoms in total. The van der Waals surface area contributed by atoms with E-state index in [1.165, 1.54) is 24.3 Å². The highest BCUT2D eigenvalue weighted by Gasteiger charge is 2.31. The summed E-state index contributed by atoms with van der Waals surface area (Å²) >= 11 is -0.300. The van der Waals surface area contributed by atoms with Crippen LogP contribution in [0, 0.1) is 13.8 Å². The van der Waals surface area contributed by atoms with Gasteiger partial charge in [0.25, 0.3) is 0 Å². The number of anilines is 3. The highest BCUT2D eigenvalue weighted by molar-refractivity contribution is 8.00. The van der Waals surface area contributed by atoms with Crippen LogP contribution < -0.4 is 16.0 Å². The van der Waals surface area contributed by atoms with Crippen molar-refractivity contribution in [1.29, 1.82) is 0 Å². The van der Waals surface area contributed by atoms with Crippen LogP contribution in [-0.4, -0.2) is 23.4 Å². The molecule has 9 heteroatoms. The molecule has 1 aliphatic rings. The molecule has 2 aromatic carbocycles. The quantitative estimate of drug-likeness (QED) is 0.642. The molecule has 1 unspecified atom stereocenters. The number of fused-ring (bicyclic) bond motifs is 1. The molecule has 0 saturated heterocycles. The van der Waals surface area contributed by atoms with Crippen LogP contribution in [0.3, 0.4) is 0 Å². The minimum absolute atomic E-state index is 0.0536. The van der Waals surface area contributed by atoms with E-state index in [9.17, 15) is 22.8 Å². The van der Waals surface area contributed by atoms with E-state index in [1.807, 2.05) is 26.0 Å². The summed E-state index contributed by atoms with van der Waals surface area (Å²) in [5.74, 6) is -0.931. The molecule has 1 aliphatic heterocycles. The average Bonchev–Trinajstić information content (AvgIpc) is 2.58. The normalized spacial score (nSPS) is 16.0. The van der Waals surface area contributed by atoms with Crippen molar-refractivity contribution in [2.45, 2.75) is 36.7 Å². The summed E-state index contributed by atoms with van der Waals surface area (Å²) in [5, 5.41) is 8.25. The van der Waals surface area contributed by atoms with Crippen LogP contribution in [0.5, 0.6) is 0 Å². The van der Waals surface area contributed by atoms with Crippen LogP contribution in [0.25, 0.3) is 0 Å². The maximum absolute atomic E-state index is 12.7. The maximum Gasteiger partial charge on any atom is 0.446 e. The van der Waals surface area contributed by atoms with Crippen molar-refractivity contribution in [2.75, 3.05) is 16.0 Å². The van der Waals surface area contributed by atoms with Gasteiger partial charge in [0, 0.05) is 4.90 Å². The molecule has 0 spiro atoms. The Bertz CT molecular complexity index is 931. The van der Waals surface area contributed by atoms with Gasteiger partial charge in [0.2, 0.25) is 11.8 Å². The number of thioether (sulfide) groups is 1. The largest absolute Gasteiger partial charge is 0.446 e. The highest BCUT2D eigenvalue weighted by atomic mass is 32.2. The molecule has 1 atom stereocenters. The Morgan fingerprint density at radius 2 is 1.79 bits per heavy atom. The third kappa shape index (κ3) is 4.78. The molecule has 1 heterocycles. The van der Waals surface area contributed by atoms with E-state index in [0.717, 1.165) is 11.1 Å². The zero-order valence-electron chi connectivity index (χ0n) is 15.1. The van der Waals surface area contributed by atoms with Crippen molar-refractivity contribution >= 4 is 40.6 Å². The summed E-state index contributed by atoms with van der Waals surface area (Å²) in [5.41, 5.74) is -1.02.